The molecule has 0 aliphatic rings. The number of phosphoric acid groups is 1. The van der Waals surface area contributed by atoms with E-state index in [2.05, 4.69) is 67.8 Å². The van der Waals surface area contributed by atoms with Gasteiger partial charge in [0, 0.05) is 6.42 Å². The molecule has 9 heteroatoms. The predicted octanol–water partition coefficient (Wildman–Crippen LogP) is 16.9. The van der Waals surface area contributed by atoms with Crippen LogP contribution in [-0.2, 0) is 18.4 Å². The van der Waals surface area contributed by atoms with Crippen LogP contribution in [0.25, 0.3) is 0 Å². The third-order valence-corrected chi connectivity index (χ3v) is 14.0. The summed E-state index contributed by atoms with van der Waals surface area (Å²) in [6, 6.07) is -0.816. The first kappa shape index (κ1) is 66.5. The third kappa shape index (κ3) is 52.3. The minimum atomic E-state index is -4.58. The zero-order valence-electron chi connectivity index (χ0n) is 45.6. The largest absolute Gasteiger partial charge is 0.756 e. The maximum Gasteiger partial charge on any atom is 0.268 e. The molecule has 0 aromatic rings. The number of phosphoric ester groups is 1. The third-order valence-electron chi connectivity index (χ3n) is 13.1. The van der Waals surface area contributed by atoms with Crippen molar-refractivity contribution in [1.29, 1.82) is 0 Å². The molecule has 0 fully saturated rings. The summed E-state index contributed by atoms with van der Waals surface area (Å²) in [5.41, 5.74) is 0. The fourth-order valence-electron chi connectivity index (χ4n) is 8.56. The van der Waals surface area contributed by atoms with Gasteiger partial charge in [0.15, 0.2) is 0 Å². The van der Waals surface area contributed by atoms with Gasteiger partial charge in [-0.15, -0.1) is 0 Å². The number of quaternary nitrogens is 1. The van der Waals surface area contributed by atoms with Crippen LogP contribution < -0.4 is 10.2 Å². The average Bonchev–Trinajstić information content (AvgIpc) is 3.30. The van der Waals surface area contributed by atoms with Crippen molar-refractivity contribution in [3.8, 4) is 0 Å². The van der Waals surface area contributed by atoms with E-state index in [4.69, 9.17) is 9.05 Å². The summed E-state index contributed by atoms with van der Waals surface area (Å²) in [7, 11) is 1.29. The molecule has 3 atom stereocenters. The van der Waals surface area contributed by atoms with Crippen LogP contribution in [-0.4, -0.2) is 68.5 Å². The van der Waals surface area contributed by atoms with E-state index in [-0.39, 0.29) is 19.1 Å². The summed E-state index contributed by atoms with van der Waals surface area (Å²) in [6.45, 7) is 4.61. The molecular formula is C59H113N2O6P. The van der Waals surface area contributed by atoms with Crippen LogP contribution in [0.2, 0.25) is 0 Å². The topological polar surface area (TPSA) is 108 Å². The molecular weight excluding hydrogens is 864 g/mol. The number of carbonyl (C=O) groups is 1. The Morgan fingerprint density at radius 1 is 0.529 bits per heavy atom. The Kier molecular flexibility index (Phi) is 49.3. The molecule has 0 aliphatic heterocycles. The Morgan fingerprint density at radius 3 is 1.31 bits per heavy atom. The van der Waals surface area contributed by atoms with Crippen molar-refractivity contribution in [3.05, 3.63) is 48.6 Å². The first-order valence-corrected chi connectivity index (χ1v) is 30.4. The van der Waals surface area contributed by atoms with Gasteiger partial charge in [-0.05, 0) is 51.4 Å². The molecule has 2 N–H and O–H groups in total. The zero-order valence-corrected chi connectivity index (χ0v) is 46.5. The van der Waals surface area contributed by atoms with Crippen LogP contribution >= 0.6 is 7.82 Å². The number of likely N-dealkylation sites (N-methyl/N-ethyl adjacent to an activating group) is 1. The average molecular weight is 978 g/mol. The molecule has 0 heterocycles. The summed E-state index contributed by atoms with van der Waals surface area (Å²) in [6.07, 6.45) is 65.9. The van der Waals surface area contributed by atoms with E-state index in [0.717, 1.165) is 77.0 Å². The molecule has 0 rings (SSSR count). The second kappa shape index (κ2) is 50.4. The quantitative estimate of drug-likeness (QED) is 0.0272. The fraction of sp³-hybridized carbons (Fsp3) is 0.847. The number of carbonyl (C=O) groups excluding carboxylic acids is 1. The molecule has 0 spiro atoms. The van der Waals surface area contributed by atoms with Gasteiger partial charge < -0.3 is 28.8 Å². The second-order valence-electron chi connectivity index (χ2n) is 21.0. The van der Waals surface area contributed by atoms with Gasteiger partial charge >= 0.3 is 0 Å². The van der Waals surface area contributed by atoms with Crippen LogP contribution in [0.1, 0.15) is 271 Å². The molecule has 0 aromatic carbocycles. The molecule has 0 radical (unpaired) electrons. The van der Waals surface area contributed by atoms with E-state index < -0.39 is 20.0 Å². The number of nitrogens with zero attached hydrogens (tertiary/aromatic N) is 1. The molecule has 0 aliphatic carbocycles. The van der Waals surface area contributed by atoms with Gasteiger partial charge in [-0.3, -0.25) is 9.36 Å². The molecule has 8 nitrogen and oxygen atoms in total. The highest BCUT2D eigenvalue weighted by Gasteiger charge is 2.24. The van der Waals surface area contributed by atoms with Crippen LogP contribution in [0.4, 0.5) is 0 Å². The second-order valence-corrected chi connectivity index (χ2v) is 22.4. The maximum absolute atomic E-state index is 12.9. The maximum atomic E-state index is 12.9. The minimum absolute atomic E-state index is 0.00574. The Labute approximate surface area is 422 Å². The number of nitrogens with one attached hydrogen (secondary N) is 1. The van der Waals surface area contributed by atoms with Crippen molar-refractivity contribution < 1.29 is 32.9 Å². The summed E-state index contributed by atoms with van der Waals surface area (Å²) in [5, 5.41) is 14.0. The van der Waals surface area contributed by atoms with Gasteiger partial charge in [-0.2, -0.15) is 0 Å². The van der Waals surface area contributed by atoms with Gasteiger partial charge in [0.1, 0.15) is 13.2 Å². The van der Waals surface area contributed by atoms with Gasteiger partial charge in [-0.1, -0.05) is 262 Å². The number of unbranched alkanes of at least 4 members (excludes halogenated alkanes) is 32. The van der Waals surface area contributed by atoms with Crippen LogP contribution in [0.3, 0.4) is 0 Å². The lowest BCUT2D eigenvalue weighted by molar-refractivity contribution is -0.870. The summed E-state index contributed by atoms with van der Waals surface area (Å²) in [4.78, 5) is 25.5. The Bertz CT molecular complexity index is 1250. The number of aliphatic hydroxyl groups is 1. The SMILES string of the molecule is CC/C=C\C/C=C\C/C=C\C/C=C\CCCCCCC(=O)NC(COP(=O)([O-])OCC[N+](C)(C)C)C(O)CCCCCCCCCCCCCCCCCCCCCCCCCCCCCCC. The number of aliphatic hydroxyl groups excluding tert-OH is 1. The van der Waals surface area contributed by atoms with E-state index >= 15 is 0 Å². The molecule has 0 saturated heterocycles. The van der Waals surface area contributed by atoms with Crippen molar-refractivity contribution in [2.75, 3.05) is 40.9 Å². The first-order valence-electron chi connectivity index (χ1n) is 29.0. The van der Waals surface area contributed by atoms with Gasteiger partial charge in [0.25, 0.3) is 7.82 Å². The standard InChI is InChI=1S/C59H113N2O6P/c1-6-8-10-12-14-16-18-20-22-24-25-26-27-28-29-30-31-32-33-34-35-37-38-40-42-44-46-48-50-52-58(62)57(56-67-68(64,65)66-55-54-61(3,4)5)60-59(63)53-51-49-47-45-43-41-39-36-23-21-19-17-15-13-11-9-7-2/h9,11,15,17,21,23,39,41,57-58,62H,6-8,10,12-14,16,18-20,22,24-38,40,42-56H2,1-5H3,(H-,60,63,64,65)/b11-9-,17-15-,23-21-,41-39-. The van der Waals surface area contributed by atoms with E-state index in [1.54, 1.807) is 0 Å². The van der Waals surface area contributed by atoms with Crippen molar-refractivity contribution in [2.24, 2.45) is 0 Å². The monoisotopic (exact) mass is 977 g/mol. The first-order chi connectivity index (χ1) is 33.0. The molecule has 0 aromatic heterocycles. The van der Waals surface area contributed by atoms with Gasteiger partial charge in [-0.25, -0.2) is 0 Å². The number of hydrogen-bond acceptors (Lipinski definition) is 6. The van der Waals surface area contributed by atoms with Gasteiger partial charge in [0.2, 0.25) is 5.91 Å². The number of rotatable bonds is 53. The van der Waals surface area contributed by atoms with E-state index in [1.807, 2.05) is 21.1 Å². The van der Waals surface area contributed by atoms with E-state index in [0.29, 0.717) is 23.9 Å². The highest BCUT2D eigenvalue weighted by molar-refractivity contribution is 7.45. The fourth-order valence-corrected chi connectivity index (χ4v) is 9.29. The molecule has 0 bridgehead atoms. The minimum Gasteiger partial charge on any atom is -0.756 e. The van der Waals surface area contributed by atoms with Gasteiger partial charge in [0.05, 0.1) is 39.9 Å². The Morgan fingerprint density at radius 2 is 0.897 bits per heavy atom. The zero-order chi connectivity index (χ0) is 49.9. The highest BCUT2D eigenvalue weighted by Crippen LogP contribution is 2.38. The van der Waals surface area contributed by atoms with Crippen LogP contribution in [0, 0.1) is 0 Å². The van der Waals surface area contributed by atoms with E-state index in [1.165, 1.54) is 167 Å². The van der Waals surface area contributed by atoms with Crippen LogP contribution in [0.5, 0.6) is 0 Å². The van der Waals surface area contributed by atoms with Crippen molar-refractivity contribution in [2.45, 2.75) is 283 Å². The predicted molar refractivity (Wildman–Crippen MR) is 293 cm³/mol. The number of hydrogen-bond donors (Lipinski definition) is 2. The lowest BCUT2D eigenvalue weighted by Crippen LogP contribution is -2.46. The van der Waals surface area contributed by atoms with Crippen molar-refractivity contribution >= 4 is 13.7 Å². The normalized spacial score (nSPS) is 14.3. The summed E-state index contributed by atoms with van der Waals surface area (Å²) in [5.74, 6) is -0.186. The smallest absolute Gasteiger partial charge is 0.268 e. The lowest BCUT2D eigenvalue weighted by atomic mass is 10.0. The molecule has 68 heavy (non-hydrogen) atoms. The molecule has 400 valence electrons. The lowest BCUT2D eigenvalue weighted by Gasteiger charge is -2.30. The van der Waals surface area contributed by atoms with Crippen molar-refractivity contribution in [3.63, 3.8) is 0 Å². The highest BCUT2D eigenvalue weighted by atomic mass is 31.2. The molecule has 1 amide bonds. The molecule has 3 unspecified atom stereocenters. The number of amides is 1. The Hall–Kier alpha value is -1.54. The van der Waals surface area contributed by atoms with E-state index in [9.17, 15) is 19.4 Å². The van der Waals surface area contributed by atoms with Crippen LogP contribution in [0.15, 0.2) is 48.6 Å². The summed E-state index contributed by atoms with van der Waals surface area (Å²) >= 11 is 0. The van der Waals surface area contributed by atoms with Crippen molar-refractivity contribution in [1.82, 2.24) is 5.32 Å². The summed E-state index contributed by atoms with van der Waals surface area (Å²) < 4.78 is 23.4. The molecule has 0 saturated carbocycles. The Balaban J connectivity index is 4.12. The number of allylic oxidation sites excluding steroid dienone is 8.